The summed E-state index contributed by atoms with van der Waals surface area (Å²) in [5, 5.41) is 2.86. The van der Waals surface area contributed by atoms with Crippen LogP contribution in [0, 0.1) is 11.7 Å². The van der Waals surface area contributed by atoms with Crippen molar-refractivity contribution in [3.8, 4) is 0 Å². The number of aryl methyl sites for hydroxylation is 1. The van der Waals surface area contributed by atoms with E-state index in [1.54, 1.807) is 12.1 Å². The molecule has 2 heterocycles. The molecule has 7 heteroatoms. The van der Waals surface area contributed by atoms with Crippen LogP contribution in [0.25, 0.3) is 0 Å². The first-order valence-corrected chi connectivity index (χ1v) is 8.93. The highest BCUT2D eigenvalue weighted by Crippen LogP contribution is 2.26. The number of carbonyl (C=O) groups excluding carboxylic acids is 1. The van der Waals surface area contributed by atoms with Crippen LogP contribution in [0.15, 0.2) is 30.5 Å². The minimum Gasteiger partial charge on any atom is -0.378 e. The highest BCUT2D eigenvalue weighted by molar-refractivity contribution is 5.92. The SMILES string of the molecule is O=C(Nc1ccc(F)cc1)C1CCc2nc(N3CCOCC3)ncc2C1. The van der Waals surface area contributed by atoms with Crippen molar-refractivity contribution in [2.24, 2.45) is 5.92 Å². The fourth-order valence-electron chi connectivity index (χ4n) is 3.41. The van der Waals surface area contributed by atoms with E-state index in [0.717, 1.165) is 43.1 Å². The van der Waals surface area contributed by atoms with E-state index in [4.69, 9.17) is 9.72 Å². The maximum atomic E-state index is 13.0. The van der Waals surface area contributed by atoms with Gasteiger partial charge < -0.3 is 15.0 Å². The number of benzene rings is 1. The summed E-state index contributed by atoms with van der Waals surface area (Å²) in [5.41, 5.74) is 2.68. The number of anilines is 2. The van der Waals surface area contributed by atoms with E-state index in [0.29, 0.717) is 25.3 Å². The van der Waals surface area contributed by atoms with Gasteiger partial charge in [0.05, 0.1) is 13.2 Å². The lowest BCUT2D eigenvalue weighted by Crippen LogP contribution is -2.38. The number of carbonyl (C=O) groups is 1. The molecule has 1 aromatic heterocycles. The average Bonchev–Trinajstić information content (AvgIpc) is 2.69. The third-order valence-electron chi connectivity index (χ3n) is 4.91. The molecule has 26 heavy (non-hydrogen) atoms. The predicted molar refractivity (Wildman–Crippen MR) is 95.6 cm³/mol. The second-order valence-electron chi connectivity index (χ2n) is 6.68. The average molecular weight is 356 g/mol. The zero-order valence-electron chi connectivity index (χ0n) is 14.4. The summed E-state index contributed by atoms with van der Waals surface area (Å²) < 4.78 is 18.3. The van der Waals surface area contributed by atoms with Gasteiger partial charge in [-0.05, 0) is 49.1 Å². The molecular weight excluding hydrogens is 335 g/mol. The Hall–Kier alpha value is -2.54. The van der Waals surface area contributed by atoms with Gasteiger partial charge in [0, 0.05) is 36.6 Å². The van der Waals surface area contributed by atoms with Crippen molar-refractivity contribution in [2.75, 3.05) is 36.5 Å². The number of nitrogens with one attached hydrogen (secondary N) is 1. The van der Waals surface area contributed by atoms with E-state index in [1.807, 2.05) is 6.20 Å². The molecule has 2 aromatic rings. The van der Waals surface area contributed by atoms with E-state index in [2.05, 4.69) is 15.2 Å². The Morgan fingerprint density at radius 1 is 1.23 bits per heavy atom. The van der Waals surface area contributed by atoms with Crippen molar-refractivity contribution >= 4 is 17.5 Å². The number of ether oxygens (including phenoxy) is 1. The van der Waals surface area contributed by atoms with Crippen molar-refractivity contribution < 1.29 is 13.9 Å². The Balaban J connectivity index is 1.42. The summed E-state index contributed by atoms with van der Waals surface area (Å²) in [7, 11) is 0. The fraction of sp³-hybridized carbons (Fsp3) is 0.421. The molecule has 1 fully saturated rings. The van der Waals surface area contributed by atoms with E-state index in [1.165, 1.54) is 12.1 Å². The summed E-state index contributed by atoms with van der Waals surface area (Å²) in [6.07, 6.45) is 3.99. The van der Waals surface area contributed by atoms with Crippen LogP contribution < -0.4 is 10.2 Å². The molecule has 0 saturated carbocycles. The number of morpholine rings is 1. The maximum Gasteiger partial charge on any atom is 0.227 e. The second kappa shape index (κ2) is 7.37. The van der Waals surface area contributed by atoms with E-state index in [-0.39, 0.29) is 17.6 Å². The van der Waals surface area contributed by atoms with E-state index < -0.39 is 0 Å². The Morgan fingerprint density at radius 3 is 2.77 bits per heavy atom. The molecule has 6 nitrogen and oxygen atoms in total. The Kier molecular flexibility index (Phi) is 4.79. The lowest BCUT2D eigenvalue weighted by Gasteiger charge is -2.28. The Labute approximate surface area is 151 Å². The first-order valence-electron chi connectivity index (χ1n) is 8.93. The first kappa shape index (κ1) is 16.9. The summed E-state index contributed by atoms with van der Waals surface area (Å²) in [5.74, 6) is 0.272. The van der Waals surface area contributed by atoms with Gasteiger partial charge in [-0.2, -0.15) is 0 Å². The van der Waals surface area contributed by atoms with Gasteiger partial charge in [0.1, 0.15) is 5.82 Å². The number of halogens is 1. The van der Waals surface area contributed by atoms with Gasteiger partial charge >= 0.3 is 0 Å². The van der Waals surface area contributed by atoms with Crippen molar-refractivity contribution in [2.45, 2.75) is 19.3 Å². The molecule has 136 valence electrons. The molecule has 1 amide bonds. The fourth-order valence-corrected chi connectivity index (χ4v) is 3.41. The molecular formula is C19H21FN4O2. The number of hydrogen-bond acceptors (Lipinski definition) is 5. The number of hydrogen-bond donors (Lipinski definition) is 1. The zero-order valence-corrected chi connectivity index (χ0v) is 14.4. The molecule has 1 unspecified atom stereocenters. The Bertz CT molecular complexity index is 791. The van der Waals surface area contributed by atoms with Crippen LogP contribution in [0.2, 0.25) is 0 Å². The molecule has 1 aliphatic carbocycles. The quantitative estimate of drug-likeness (QED) is 0.913. The van der Waals surface area contributed by atoms with Crippen LogP contribution >= 0.6 is 0 Å². The topological polar surface area (TPSA) is 67.4 Å². The van der Waals surface area contributed by atoms with Gasteiger partial charge in [0.15, 0.2) is 0 Å². The number of amides is 1. The molecule has 1 aromatic carbocycles. The molecule has 1 N–H and O–H groups in total. The Morgan fingerprint density at radius 2 is 2.00 bits per heavy atom. The molecule has 0 radical (unpaired) electrons. The summed E-state index contributed by atoms with van der Waals surface area (Å²) >= 11 is 0. The van der Waals surface area contributed by atoms with Gasteiger partial charge in [-0.15, -0.1) is 0 Å². The van der Waals surface area contributed by atoms with Crippen LogP contribution in [0.1, 0.15) is 17.7 Å². The van der Waals surface area contributed by atoms with Crippen LogP contribution in [0.3, 0.4) is 0 Å². The van der Waals surface area contributed by atoms with Gasteiger partial charge in [-0.3, -0.25) is 4.79 Å². The van der Waals surface area contributed by atoms with E-state index >= 15 is 0 Å². The van der Waals surface area contributed by atoms with Crippen molar-refractivity contribution in [3.63, 3.8) is 0 Å². The standard InChI is InChI=1S/C19H21FN4O2/c20-15-2-4-16(5-3-15)22-18(25)13-1-6-17-14(11-13)12-21-19(23-17)24-7-9-26-10-8-24/h2-5,12-13H,1,6-11H2,(H,22,25). The molecule has 4 rings (SSSR count). The highest BCUT2D eigenvalue weighted by atomic mass is 19.1. The largest absolute Gasteiger partial charge is 0.378 e. The van der Waals surface area contributed by atoms with Gasteiger partial charge in [0.2, 0.25) is 11.9 Å². The van der Waals surface area contributed by atoms with Crippen molar-refractivity contribution in [1.29, 1.82) is 0 Å². The zero-order chi connectivity index (χ0) is 17.9. The third kappa shape index (κ3) is 3.67. The summed E-state index contributed by atoms with van der Waals surface area (Å²) in [4.78, 5) is 23.8. The number of rotatable bonds is 3. The van der Waals surface area contributed by atoms with Crippen LogP contribution in [0.4, 0.5) is 16.0 Å². The monoisotopic (exact) mass is 356 g/mol. The molecule has 1 atom stereocenters. The van der Waals surface area contributed by atoms with Crippen LogP contribution in [0.5, 0.6) is 0 Å². The number of aromatic nitrogens is 2. The molecule has 0 spiro atoms. The van der Waals surface area contributed by atoms with Crippen LogP contribution in [-0.4, -0.2) is 42.2 Å². The number of fused-ring (bicyclic) bond motifs is 1. The van der Waals surface area contributed by atoms with Gasteiger partial charge in [0.25, 0.3) is 0 Å². The molecule has 1 aliphatic heterocycles. The van der Waals surface area contributed by atoms with Crippen molar-refractivity contribution in [3.05, 3.63) is 47.5 Å². The van der Waals surface area contributed by atoms with Gasteiger partial charge in [-0.25, -0.2) is 14.4 Å². The first-order chi connectivity index (χ1) is 12.7. The minimum atomic E-state index is -0.317. The number of nitrogens with zero attached hydrogens (tertiary/aromatic N) is 3. The smallest absolute Gasteiger partial charge is 0.227 e. The maximum absolute atomic E-state index is 13.0. The lowest BCUT2D eigenvalue weighted by molar-refractivity contribution is -0.120. The minimum absolute atomic E-state index is 0.0421. The summed E-state index contributed by atoms with van der Waals surface area (Å²) in [6.45, 7) is 3.02. The third-order valence-corrected chi connectivity index (χ3v) is 4.91. The predicted octanol–water partition coefficient (Wildman–Crippen LogP) is 2.20. The highest BCUT2D eigenvalue weighted by Gasteiger charge is 2.27. The molecule has 2 aliphatic rings. The van der Waals surface area contributed by atoms with Crippen molar-refractivity contribution in [1.82, 2.24) is 9.97 Å². The van der Waals surface area contributed by atoms with Crippen LogP contribution in [-0.2, 0) is 22.4 Å². The summed E-state index contributed by atoms with van der Waals surface area (Å²) in [6, 6.07) is 5.82. The van der Waals surface area contributed by atoms with Gasteiger partial charge in [-0.1, -0.05) is 0 Å². The second-order valence-corrected chi connectivity index (χ2v) is 6.68. The lowest BCUT2D eigenvalue weighted by atomic mass is 9.86. The van der Waals surface area contributed by atoms with E-state index in [9.17, 15) is 9.18 Å². The normalized spacial score (nSPS) is 19.7. The molecule has 1 saturated heterocycles. The molecule has 0 bridgehead atoms.